The molecule has 6 nitrogen and oxygen atoms in total. The van der Waals surface area contributed by atoms with Gasteiger partial charge in [-0.15, -0.1) is 0 Å². The Kier molecular flexibility index (Phi) is 5.60. The maximum atomic E-state index is 13.0. The summed E-state index contributed by atoms with van der Waals surface area (Å²) in [6.45, 7) is 2.95. The van der Waals surface area contributed by atoms with Gasteiger partial charge in [-0.3, -0.25) is 4.79 Å². The molecule has 0 radical (unpaired) electrons. The Hall–Kier alpha value is -1.96. The lowest BCUT2D eigenvalue weighted by atomic mass is 10.0. The van der Waals surface area contributed by atoms with E-state index in [0.29, 0.717) is 24.8 Å². The average molecular weight is 394 g/mol. The fraction of sp³-hybridized carbons (Fsp3) is 0.333. The molecule has 0 spiro atoms. The first-order valence-corrected chi connectivity index (χ1v) is 10.2. The second-order valence-corrected chi connectivity index (χ2v) is 8.74. The molecule has 8 heteroatoms. The number of hydrogen-bond donors (Lipinski definition) is 1. The Morgan fingerprint density at radius 3 is 2.81 bits per heavy atom. The van der Waals surface area contributed by atoms with Gasteiger partial charge in [0.1, 0.15) is 10.7 Å². The molecule has 1 aromatic heterocycles. The number of carbonyl (C=O) groups is 1. The molecule has 0 saturated carbocycles. The molecule has 2 aromatic rings. The van der Waals surface area contributed by atoms with Crippen LogP contribution in [0.3, 0.4) is 0 Å². The molecular formula is C18H20ClN3O3S. The number of nitrogens with zero attached hydrogens (tertiary/aromatic N) is 2. The van der Waals surface area contributed by atoms with Crippen LogP contribution in [0.25, 0.3) is 0 Å². The number of sulfonamides is 1. The first-order chi connectivity index (χ1) is 12.4. The summed E-state index contributed by atoms with van der Waals surface area (Å²) in [5.41, 5.74) is 0.212. The van der Waals surface area contributed by atoms with Gasteiger partial charge < -0.3 is 5.32 Å². The molecule has 1 atom stereocenters. The van der Waals surface area contributed by atoms with Crippen molar-refractivity contribution in [3.8, 4) is 0 Å². The third-order valence-electron chi connectivity index (χ3n) is 4.34. The van der Waals surface area contributed by atoms with Crippen molar-refractivity contribution < 1.29 is 13.2 Å². The SMILES string of the molecule is CC1CCCN(S(=O)(=O)c2cc(C(=O)Nc3ccccn3)ccc2Cl)C1. The van der Waals surface area contributed by atoms with Gasteiger partial charge in [-0.05, 0) is 49.1 Å². The molecule has 1 aliphatic heterocycles. The second-order valence-electron chi connectivity index (χ2n) is 6.42. The van der Waals surface area contributed by atoms with E-state index in [0.717, 1.165) is 12.8 Å². The molecule has 1 amide bonds. The van der Waals surface area contributed by atoms with Crippen LogP contribution in [-0.2, 0) is 10.0 Å². The van der Waals surface area contributed by atoms with Crippen molar-refractivity contribution in [1.29, 1.82) is 0 Å². The quantitative estimate of drug-likeness (QED) is 0.863. The van der Waals surface area contributed by atoms with E-state index >= 15 is 0 Å². The van der Waals surface area contributed by atoms with Gasteiger partial charge >= 0.3 is 0 Å². The molecule has 1 saturated heterocycles. The van der Waals surface area contributed by atoms with Crippen molar-refractivity contribution in [2.24, 2.45) is 5.92 Å². The summed E-state index contributed by atoms with van der Waals surface area (Å²) >= 11 is 6.15. The Morgan fingerprint density at radius 2 is 2.12 bits per heavy atom. The van der Waals surface area contributed by atoms with Gasteiger partial charge in [-0.1, -0.05) is 24.6 Å². The Labute approximate surface area is 158 Å². The predicted molar refractivity (Wildman–Crippen MR) is 101 cm³/mol. The molecule has 0 bridgehead atoms. The van der Waals surface area contributed by atoms with Crippen molar-refractivity contribution in [3.63, 3.8) is 0 Å². The van der Waals surface area contributed by atoms with Gasteiger partial charge in [-0.2, -0.15) is 4.31 Å². The van der Waals surface area contributed by atoms with E-state index in [1.54, 1.807) is 24.4 Å². The molecule has 1 aliphatic rings. The van der Waals surface area contributed by atoms with Gasteiger partial charge in [0.25, 0.3) is 5.91 Å². The van der Waals surface area contributed by atoms with Gasteiger partial charge in [-0.25, -0.2) is 13.4 Å². The summed E-state index contributed by atoms with van der Waals surface area (Å²) in [6, 6.07) is 9.41. The second kappa shape index (κ2) is 7.73. The van der Waals surface area contributed by atoms with E-state index in [-0.39, 0.29) is 15.5 Å². The van der Waals surface area contributed by atoms with Crippen molar-refractivity contribution in [2.45, 2.75) is 24.7 Å². The van der Waals surface area contributed by atoms with E-state index in [4.69, 9.17) is 11.6 Å². The first kappa shape index (κ1) is 18.8. The van der Waals surface area contributed by atoms with E-state index in [2.05, 4.69) is 10.3 Å². The number of amides is 1. The first-order valence-electron chi connectivity index (χ1n) is 8.40. The maximum Gasteiger partial charge on any atom is 0.256 e. The van der Waals surface area contributed by atoms with Gasteiger partial charge in [0.15, 0.2) is 0 Å². The topological polar surface area (TPSA) is 79.4 Å². The summed E-state index contributed by atoms with van der Waals surface area (Å²) in [4.78, 5) is 16.4. The Bertz CT molecular complexity index is 903. The van der Waals surface area contributed by atoms with Crippen LogP contribution < -0.4 is 5.32 Å². The molecule has 1 N–H and O–H groups in total. The number of carbonyl (C=O) groups excluding carboxylic acids is 1. The molecule has 0 aliphatic carbocycles. The zero-order valence-electron chi connectivity index (χ0n) is 14.4. The number of nitrogens with one attached hydrogen (secondary N) is 1. The summed E-state index contributed by atoms with van der Waals surface area (Å²) in [5, 5.41) is 2.75. The molecule has 2 heterocycles. The minimum absolute atomic E-state index is 0.0399. The van der Waals surface area contributed by atoms with Crippen molar-refractivity contribution >= 4 is 33.3 Å². The number of halogens is 1. The largest absolute Gasteiger partial charge is 0.307 e. The van der Waals surface area contributed by atoms with Crippen LogP contribution in [0, 0.1) is 5.92 Å². The summed E-state index contributed by atoms with van der Waals surface area (Å²) in [7, 11) is -3.75. The summed E-state index contributed by atoms with van der Waals surface area (Å²) in [5.74, 6) is 0.249. The molecular weight excluding hydrogens is 374 g/mol. The lowest BCUT2D eigenvalue weighted by Gasteiger charge is -2.30. The highest BCUT2D eigenvalue weighted by atomic mass is 35.5. The molecule has 1 unspecified atom stereocenters. The van der Waals surface area contributed by atoms with E-state index in [9.17, 15) is 13.2 Å². The number of rotatable bonds is 4. The zero-order valence-corrected chi connectivity index (χ0v) is 15.9. The third kappa shape index (κ3) is 4.06. The minimum atomic E-state index is -3.75. The van der Waals surface area contributed by atoms with Crippen molar-refractivity contribution in [2.75, 3.05) is 18.4 Å². The van der Waals surface area contributed by atoms with Crippen LogP contribution in [-0.4, -0.2) is 36.7 Å². The normalized spacial score (nSPS) is 18.5. The maximum absolute atomic E-state index is 13.0. The standard InChI is InChI=1S/C18H20ClN3O3S/c1-13-5-4-10-22(12-13)26(24,25)16-11-14(7-8-15(16)19)18(23)21-17-6-2-3-9-20-17/h2-3,6-9,11,13H,4-5,10,12H2,1H3,(H,20,21,23). The van der Waals surface area contributed by atoms with Crippen LogP contribution >= 0.6 is 11.6 Å². The summed E-state index contributed by atoms with van der Waals surface area (Å²) < 4.78 is 27.4. The zero-order chi connectivity index (χ0) is 18.7. The van der Waals surface area contributed by atoms with Crippen molar-refractivity contribution in [1.82, 2.24) is 9.29 Å². The number of piperidine rings is 1. The highest BCUT2D eigenvalue weighted by molar-refractivity contribution is 7.89. The van der Waals surface area contributed by atoms with E-state index in [1.807, 2.05) is 6.92 Å². The average Bonchev–Trinajstić information content (AvgIpc) is 2.62. The Morgan fingerprint density at radius 1 is 1.31 bits per heavy atom. The fourth-order valence-electron chi connectivity index (χ4n) is 2.97. The number of pyridine rings is 1. The van der Waals surface area contributed by atoms with Gasteiger partial charge in [0, 0.05) is 24.8 Å². The number of anilines is 1. The smallest absolute Gasteiger partial charge is 0.256 e. The van der Waals surface area contributed by atoms with Gasteiger partial charge in [0.2, 0.25) is 10.0 Å². The van der Waals surface area contributed by atoms with Crippen LogP contribution in [0.5, 0.6) is 0 Å². The van der Waals surface area contributed by atoms with Crippen LogP contribution in [0.1, 0.15) is 30.1 Å². The minimum Gasteiger partial charge on any atom is -0.307 e. The molecule has 1 aromatic carbocycles. The lowest BCUT2D eigenvalue weighted by Crippen LogP contribution is -2.39. The lowest BCUT2D eigenvalue weighted by molar-refractivity contribution is 0.102. The molecule has 3 rings (SSSR count). The van der Waals surface area contributed by atoms with Crippen LogP contribution in [0.4, 0.5) is 5.82 Å². The number of hydrogen-bond acceptors (Lipinski definition) is 4. The van der Waals surface area contributed by atoms with Crippen molar-refractivity contribution in [3.05, 3.63) is 53.2 Å². The fourth-order valence-corrected chi connectivity index (χ4v) is 5.07. The highest BCUT2D eigenvalue weighted by Crippen LogP contribution is 2.29. The summed E-state index contributed by atoms with van der Waals surface area (Å²) in [6.07, 6.45) is 3.38. The molecule has 26 heavy (non-hydrogen) atoms. The molecule has 138 valence electrons. The van der Waals surface area contributed by atoms with E-state index < -0.39 is 15.9 Å². The highest BCUT2D eigenvalue weighted by Gasteiger charge is 2.30. The third-order valence-corrected chi connectivity index (χ3v) is 6.68. The molecule has 1 fully saturated rings. The number of benzene rings is 1. The van der Waals surface area contributed by atoms with E-state index in [1.165, 1.54) is 22.5 Å². The predicted octanol–water partition coefficient (Wildman–Crippen LogP) is 3.41. The van der Waals surface area contributed by atoms with Crippen LogP contribution in [0.15, 0.2) is 47.5 Å². The number of aromatic nitrogens is 1. The Balaban J connectivity index is 1.88. The monoisotopic (exact) mass is 393 g/mol. The van der Waals surface area contributed by atoms with Crippen LogP contribution in [0.2, 0.25) is 5.02 Å². The van der Waals surface area contributed by atoms with Gasteiger partial charge in [0.05, 0.1) is 5.02 Å².